The van der Waals surface area contributed by atoms with Crippen molar-refractivity contribution in [1.29, 1.82) is 0 Å². The highest BCUT2D eigenvalue weighted by Crippen LogP contribution is 2.31. The van der Waals surface area contributed by atoms with Gasteiger partial charge in [0.2, 0.25) is 0 Å². The average molecular weight is 747 g/mol. The Hall–Kier alpha value is -2.88. The van der Waals surface area contributed by atoms with Gasteiger partial charge in [0.1, 0.15) is 28.6 Å². The zero-order chi connectivity index (χ0) is 35.8. The highest BCUT2D eigenvalue weighted by Gasteiger charge is 2.16. The van der Waals surface area contributed by atoms with Gasteiger partial charge in [0.05, 0.1) is 95.1 Å². The fourth-order valence-corrected chi connectivity index (χ4v) is 6.24. The maximum Gasteiger partial charge on any atom is 0.145 e. The lowest BCUT2D eigenvalue weighted by molar-refractivity contribution is -0.0673. The van der Waals surface area contributed by atoms with Gasteiger partial charge in [-0.3, -0.25) is 9.80 Å². The molecule has 1 aliphatic heterocycles. The SMILES string of the molecule is COc1ccc(Cl)c2ccc(CN3CCOCCOCCN(Cc4ccc5c(Cl)ccc(OC)c5n4)CCOC(COCCN)COCC3)nc12. The van der Waals surface area contributed by atoms with Crippen molar-refractivity contribution in [3.8, 4) is 11.5 Å². The van der Waals surface area contributed by atoms with Gasteiger partial charge in [-0.2, -0.15) is 0 Å². The minimum atomic E-state index is -0.255. The second-order valence-electron chi connectivity index (χ2n) is 12.1. The van der Waals surface area contributed by atoms with Gasteiger partial charge in [-0.05, 0) is 48.5 Å². The van der Waals surface area contributed by atoms with Crippen molar-refractivity contribution in [2.24, 2.45) is 5.73 Å². The number of aromatic nitrogens is 2. The molecule has 14 heteroatoms. The third-order valence-electron chi connectivity index (χ3n) is 8.52. The number of fused-ring (bicyclic) bond motifs is 2. The molecular formula is C37H49Cl2N5O7. The molecule has 0 aliphatic carbocycles. The number of methoxy groups -OCH3 is 2. The van der Waals surface area contributed by atoms with E-state index in [1.54, 1.807) is 14.2 Å². The molecule has 0 bridgehead atoms. The van der Waals surface area contributed by atoms with E-state index in [0.717, 1.165) is 33.2 Å². The van der Waals surface area contributed by atoms with E-state index in [1.807, 2.05) is 48.5 Å². The molecule has 1 atom stereocenters. The van der Waals surface area contributed by atoms with Crippen LogP contribution in [0.2, 0.25) is 10.0 Å². The second-order valence-corrected chi connectivity index (χ2v) is 12.9. The van der Waals surface area contributed by atoms with E-state index in [2.05, 4.69) is 9.80 Å². The van der Waals surface area contributed by atoms with Crippen LogP contribution in [0.25, 0.3) is 21.8 Å². The normalized spacial score (nSPS) is 18.4. The number of rotatable bonds is 10. The Morgan fingerprint density at radius 1 is 0.686 bits per heavy atom. The molecule has 0 saturated carbocycles. The first-order valence-electron chi connectivity index (χ1n) is 17.3. The maximum absolute atomic E-state index is 6.44. The Morgan fingerprint density at radius 2 is 1.20 bits per heavy atom. The van der Waals surface area contributed by atoms with E-state index in [4.69, 9.17) is 72.1 Å². The lowest BCUT2D eigenvalue weighted by Crippen LogP contribution is -2.36. The zero-order valence-electron chi connectivity index (χ0n) is 29.5. The van der Waals surface area contributed by atoms with Gasteiger partial charge in [0.15, 0.2) is 0 Å². The molecule has 4 aromatic rings. The Bertz CT molecular complexity index is 1670. The number of hydrogen-bond acceptors (Lipinski definition) is 12. The number of nitrogens with two attached hydrogens (primary N) is 1. The summed E-state index contributed by atoms with van der Waals surface area (Å²) >= 11 is 12.9. The van der Waals surface area contributed by atoms with Crippen LogP contribution in [0, 0.1) is 0 Å². The van der Waals surface area contributed by atoms with Crippen LogP contribution in [0.1, 0.15) is 11.4 Å². The van der Waals surface area contributed by atoms with Crippen LogP contribution in [0.4, 0.5) is 0 Å². The second kappa shape index (κ2) is 21.0. The van der Waals surface area contributed by atoms with E-state index in [0.29, 0.717) is 127 Å². The Balaban J connectivity index is 1.22. The quantitative estimate of drug-likeness (QED) is 0.224. The number of halogens is 2. The Kier molecular flexibility index (Phi) is 16.2. The first-order valence-corrected chi connectivity index (χ1v) is 18.1. The van der Waals surface area contributed by atoms with E-state index in [1.165, 1.54) is 0 Å². The molecule has 1 aliphatic rings. The topological polar surface area (TPSA) is 123 Å². The minimum absolute atomic E-state index is 0.255. The zero-order valence-corrected chi connectivity index (χ0v) is 31.0. The highest BCUT2D eigenvalue weighted by molar-refractivity contribution is 6.36. The van der Waals surface area contributed by atoms with Gasteiger partial charge in [0.25, 0.3) is 0 Å². The Morgan fingerprint density at radius 3 is 1.71 bits per heavy atom. The number of benzene rings is 2. The standard InChI is InChI=1S/C37H49Cl2N5O7/c1-45-34-9-7-32(38)30-5-3-27(41-36(30)34)23-43-12-17-47-21-22-48-18-13-44(15-20-51-29(25-49-16-11-40)26-50-19-14-43)24-28-4-6-31-33(39)8-10-35(46-2)37(31)42-28/h3-10,29H,11-26,40H2,1-2H3. The van der Waals surface area contributed by atoms with Crippen LogP contribution in [-0.4, -0.2) is 132 Å². The maximum atomic E-state index is 6.44. The van der Waals surface area contributed by atoms with Crippen molar-refractivity contribution in [2.45, 2.75) is 19.2 Å². The molecule has 1 saturated heterocycles. The molecule has 3 heterocycles. The van der Waals surface area contributed by atoms with E-state index >= 15 is 0 Å². The molecule has 0 spiro atoms. The van der Waals surface area contributed by atoms with Crippen molar-refractivity contribution in [3.63, 3.8) is 0 Å². The highest BCUT2D eigenvalue weighted by atomic mass is 35.5. The van der Waals surface area contributed by atoms with Crippen LogP contribution in [-0.2, 0) is 36.8 Å². The lowest BCUT2D eigenvalue weighted by atomic mass is 10.2. The fraction of sp³-hybridized carbons (Fsp3) is 0.514. The summed E-state index contributed by atoms with van der Waals surface area (Å²) in [6, 6.07) is 15.3. The van der Waals surface area contributed by atoms with E-state index < -0.39 is 0 Å². The summed E-state index contributed by atoms with van der Waals surface area (Å²) in [4.78, 5) is 14.3. The van der Waals surface area contributed by atoms with Gasteiger partial charge in [-0.25, -0.2) is 9.97 Å². The number of nitrogens with zero attached hydrogens (tertiary/aromatic N) is 4. The average Bonchev–Trinajstić information content (AvgIpc) is 3.14. The van der Waals surface area contributed by atoms with Crippen LogP contribution in [0.3, 0.4) is 0 Å². The monoisotopic (exact) mass is 745 g/mol. The summed E-state index contributed by atoms with van der Waals surface area (Å²) in [6.07, 6.45) is -0.255. The smallest absolute Gasteiger partial charge is 0.145 e. The summed E-state index contributed by atoms with van der Waals surface area (Å²) in [5, 5.41) is 2.98. The van der Waals surface area contributed by atoms with Gasteiger partial charge in [-0.15, -0.1) is 0 Å². The van der Waals surface area contributed by atoms with Gasteiger partial charge < -0.3 is 38.9 Å². The largest absolute Gasteiger partial charge is 0.494 e. The summed E-state index contributed by atoms with van der Waals surface area (Å²) in [5.41, 5.74) is 8.95. The van der Waals surface area contributed by atoms with E-state index in [-0.39, 0.29) is 6.10 Å². The molecule has 2 aromatic carbocycles. The van der Waals surface area contributed by atoms with Crippen molar-refractivity contribution >= 4 is 45.0 Å². The Labute approximate surface area is 309 Å². The van der Waals surface area contributed by atoms with Crippen molar-refractivity contribution in [2.75, 3.05) is 106 Å². The van der Waals surface area contributed by atoms with Crippen molar-refractivity contribution < 1.29 is 33.2 Å². The molecule has 1 fully saturated rings. The molecule has 0 amide bonds. The molecule has 12 nitrogen and oxygen atoms in total. The third-order valence-corrected chi connectivity index (χ3v) is 9.18. The molecule has 51 heavy (non-hydrogen) atoms. The first-order chi connectivity index (χ1) is 25.0. The van der Waals surface area contributed by atoms with Gasteiger partial charge in [-0.1, -0.05) is 23.2 Å². The predicted molar refractivity (Wildman–Crippen MR) is 199 cm³/mol. The van der Waals surface area contributed by atoms with Crippen LogP contribution >= 0.6 is 23.2 Å². The molecule has 5 rings (SSSR count). The number of ether oxygens (including phenoxy) is 7. The van der Waals surface area contributed by atoms with Crippen LogP contribution in [0.5, 0.6) is 11.5 Å². The van der Waals surface area contributed by atoms with Gasteiger partial charge in [0, 0.05) is 56.6 Å². The number of hydrogen-bond donors (Lipinski definition) is 1. The summed E-state index contributed by atoms with van der Waals surface area (Å²) in [5.74, 6) is 1.37. The van der Waals surface area contributed by atoms with Crippen molar-refractivity contribution in [3.05, 3.63) is 70.0 Å². The predicted octanol–water partition coefficient (Wildman–Crippen LogP) is 4.84. The summed E-state index contributed by atoms with van der Waals surface area (Å²) in [6.45, 7) is 8.59. The molecule has 0 radical (unpaired) electrons. The van der Waals surface area contributed by atoms with Crippen molar-refractivity contribution in [1.82, 2.24) is 19.8 Å². The molecular weight excluding hydrogens is 697 g/mol. The first kappa shape index (κ1) is 39.3. The van der Waals surface area contributed by atoms with Gasteiger partial charge >= 0.3 is 0 Å². The van der Waals surface area contributed by atoms with E-state index in [9.17, 15) is 0 Å². The van der Waals surface area contributed by atoms with Crippen LogP contribution < -0.4 is 15.2 Å². The van der Waals surface area contributed by atoms with Crippen LogP contribution in [0.15, 0.2) is 48.5 Å². The molecule has 2 N–H and O–H groups in total. The summed E-state index contributed by atoms with van der Waals surface area (Å²) in [7, 11) is 3.27. The number of pyridine rings is 2. The molecule has 278 valence electrons. The minimum Gasteiger partial charge on any atom is -0.494 e. The fourth-order valence-electron chi connectivity index (χ4n) is 5.81. The molecule has 2 aromatic heterocycles. The lowest BCUT2D eigenvalue weighted by Gasteiger charge is -2.25. The summed E-state index contributed by atoms with van der Waals surface area (Å²) < 4.78 is 41.3. The molecule has 1 unspecified atom stereocenters. The third kappa shape index (κ3) is 11.8.